The van der Waals surface area contributed by atoms with Gasteiger partial charge in [-0.1, -0.05) is 41.1 Å². The van der Waals surface area contributed by atoms with Gasteiger partial charge in [-0.15, -0.1) is 0 Å². The number of benzene rings is 1. The second-order valence-electron chi connectivity index (χ2n) is 2.71. The van der Waals surface area contributed by atoms with Crippen molar-refractivity contribution in [2.45, 2.75) is 6.92 Å². The largest absolute Gasteiger partial charge is 0.399 e. The highest BCUT2D eigenvalue weighted by molar-refractivity contribution is 5.77. The van der Waals surface area contributed by atoms with Gasteiger partial charge in [0.05, 0.1) is 6.21 Å². The first-order valence-corrected chi connectivity index (χ1v) is 4.13. The molecular formula is C11H13NO. The van der Waals surface area contributed by atoms with E-state index in [0.29, 0.717) is 0 Å². The summed E-state index contributed by atoms with van der Waals surface area (Å²) in [6.07, 6.45) is 5.43. The molecule has 0 saturated carbocycles. The van der Waals surface area contributed by atoms with E-state index < -0.39 is 0 Å². The first kappa shape index (κ1) is 9.52. The summed E-state index contributed by atoms with van der Waals surface area (Å²) >= 11 is 0. The van der Waals surface area contributed by atoms with Crippen molar-refractivity contribution in [2.24, 2.45) is 5.16 Å². The molecule has 0 N–H and O–H groups in total. The van der Waals surface area contributed by atoms with Crippen LogP contribution in [0.4, 0.5) is 0 Å². The lowest BCUT2D eigenvalue weighted by Gasteiger charge is -1.92. The van der Waals surface area contributed by atoms with Crippen molar-refractivity contribution in [1.29, 1.82) is 0 Å². The van der Waals surface area contributed by atoms with Crippen LogP contribution < -0.4 is 0 Å². The summed E-state index contributed by atoms with van der Waals surface area (Å²) in [5.41, 5.74) is 2.43. The predicted octanol–water partition coefficient (Wildman–Crippen LogP) is 2.64. The topological polar surface area (TPSA) is 21.6 Å². The minimum Gasteiger partial charge on any atom is -0.399 e. The van der Waals surface area contributed by atoms with E-state index in [-0.39, 0.29) is 0 Å². The van der Waals surface area contributed by atoms with Crippen molar-refractivity contribution in [2.75, 3.05) is 7.11 Å². The monoisotopic (exact) mass is 175 g/mol. The summed E-state index contributed by atoms with van der Waals surface area (Å²) in [4.78, 5) is 4.52. The molecule has 2 heteroatoms. The maximum absolute atomic E-state index is 4.52. The third-order valence-corrected chi connectivity index (χ3v) is 1.62. The number of nitrogens with zero attached hydrogens (tertiary/aromatic N) is 1. The van der Waals surface area contributed by atoms with Crippen molar-refractivity contribution in [3.63, 3.8) is 0 Å². The number of hydrogen-bond donors (Lipinski definition) is 0. The number of hydrogen-bond acceptors (Lipinski definition) is 2. The zero-order valence-electron chi connectivity index (χ0n) is 7.90. The van der Waals surface area contributed by atoms with Gasteiger partial charge in [0.2, 0.25) is 0 Å². The van der Waals surface area contributed by atoms with Crippen LogP contribution in [0.2, 0.25) is 0 Å². The second-order valence-corrected chi connectivity index (χ2v) is 2.71. The number of aryl methyl sites for hydroxylation is 1. The van der Waals surface area contributed by atoms with Crippen molar-refractivity contribution in [1.82, 2.24) is 0 Å². The van der Waals surface area contributed by atoms with Crippen molar-refractivity contribution < 1.29 is 4.84 Å². The minimum absolute atomic E-state index is 1.16. The Kier molecular flexibility index (Phi) is 3.76. The lowest BCUT2D eigenvalue weighted by Crippen LogP contribution is -1.74. The Morgan fingerprint density at radius 1 is 1.23 bits per heavy atom. The molecule has 0 unspecified atom stereocenters. The van der Waals surface area contributed by atoms with Crippen LogP contribution >= 0.6 is 0 Å². The Labute approximate surface area is 78.5 Å². The van der Waals surface area contributed by atoms with Gasteiger partial charge < -0.3 is 4.84 Å². The molecule has 0 aliphatic carbocycles. The summed E-state index contributed by atoms with van der Waals surface area (Å²) in [6, 6.07) is 8.28. The van der Waals surface area contributed by atoms with E-state index in [1.165, 1.54) is 12.7 Å². The molecule has 2 nitrogen and oxygen atoms in total. The average Bonchev–Trinajstić information content (AvgIpc) is 2.15. The lowest BCUT2D eigenvalue weighted by molar-refractivity contribution is 0.215. The van der Waals surface area contributed by atoms with Crippen molar-refractivity contribution in [3.8, 4) is 0 Å². The van der Waals surface area contributed by atoms with Crippen LogP contribution in [-0.2, 0) is 4.84 Å². The molecule has 0 aliphatic rings. The Balaban J connectivity index is 2.59. The first-order valence-electron chi connectivity index (χ1n) is 4.13. The van der Waals surface area contributed by atoms with Gasteiger partial charge in [0.1, 0.15) is 7.11 Å². The van der Waals surface area contributed by atoms with E-state index in [1.807, 2.05) is 12.2 Å². The fraction of sp³-hybridized carbons (Fsp3) is 0.182. The maximum Gasteiger partial charge on any atom is 0.106 e. The van der Waals surface area contributed by atoms with Gasteiger partial charge >= 0.3 is 0 Å². The highest BCUT2D eigenvalue weighted by atomic mass is 16.6. The maximum atomic E-state index is 4.52. The van der Waals surface area contributed by atoms with Crippen LogP contribution in [-0.4, -0.2) is 13.3 Å². The predicted molar refractivity (Wildman–Crippen MR) is 55.7 cm³/mol. The molecule has 1 rings (SSSR count). The molecule has 1 aromatic rings. The van der Waals surface area contributed by atoms with Crippen LogP contribution in [0, 0.1) is 6.92 Å². The molecule has 0 bridgehead atoms. The Hall–Kier alpha value is -1.57. The molecular weight excluding hydrogens is 162 g/mol. The molecule has 13 heavy (non-hydrogen) atoms. The van der Waals surface area contributed by atoms with Gasteiger partial charge in [0.15, 0.2) is 0 Å². The quantitative estimate of drug-likeness (QED) is 0.511. The third-order valence-electron chi connectivity index (χ3n) is 1.62. The van der Waals surface area contributed by atoms with Gasteiger partial charge in [-0.3, -0.25) is 0 Å². The number of allylic oxidation sites excluding steroid dienone is 1. The Morgan fingerprint density at radius 2 is 1.92 bits per heavy atom. The molecule has 0 saturated heterocycles. The van der Waals surface area contributed by atoms with Crippen LogP contribution in [0.25, 0.3) is 6.08 Å². The zero-order chi connectivity index (χ0) is 9.52. The van der Waals surface area contributed by atoms with Crippen LogP contribution in [0.3, 0.4) is 0 Å². The minimum atomic E-state index is 1.16. The molecule has 0 aromatic heterocycles. The molecule has 0 atom stereocenters. The molecule has 0 spiro atoms. The van der Waals surface area contributed by atoms with Crippen LogP contribution in [0.1, 0.15) is 11.1 Å². The average molecular weight is 175 g/mol. The molecule has 1 aromatic carbocycles. The summed E-state index contributed by atoms with van der Waals surface area (Å²) in [7, 11) is 1.52. The van der Waals surface area contributed by atoms with Crippen molar-refractivity contribution in [3.05, 3.63) is 41.5 Å². The molecule has 0 aliphatic heterocycles. The fourth-order valence-corrected chi connectivity index (χ4v) is 0.928. The third kappa shape index (κ3) is 3.56. The van der Waals surface area contributed by atoms with E-state index >= 15 is 0 Å². The highest BCUT2D eigenvalue weighted by Crippen LogP contribution is 2.04. The molecule has 0 radical (unpaired) electrons. The Morgan fingerprint density at radius 3 is 2.54 bits per heavy atom. The number of oxime groups is 1. The van der Waals surface area contributed by atoms with E-state index in [4.69, 9.17) is 0 Å². The van der Waals surface area contributed by atoms with E-state index in [0.717, 1.165) is 5.56 Å². The molecule has 68 valence electrons. The standard InChI is InChI=1S/C11H13NO/c1-10-5-7-11(8-6-10)4-3-9-12-13-2/h3-9H,1-2H3/b4-3+,12-9+. The zero-order valence-corrected chi connectivity index (χ0v) is 7.90. The normalized spacial score (nSPS) is 11.2. The van der Waals surface area contributed by atoms with Gasteiger partial charge in [-0.05, 0) is 18.6 Å². The first-order chi connectivity index (χ1) is 6.33. The lowest BCUT2D eigenvalue weighted by atomic mass is 10.1. The highest BCUT2D eigenvalue weighted by Gasteiger charge is 1.84. The summed E-state index contributed by atoms with van der Waals surface area (Å²) in [5.74, 6) is 0. The smallest absolute Gasteiger partial charge is 0.106 e. The van der Waals surface area contributed by atoms with E-state index in [1.54, 1.807) is 6.21 Å². The summed E-state index contributed by atoms with van der Waals surface area (Å²) < 4.78 is 0. The van der Waals surface area contributed by atoms with Crippen molar-refractivity contribution >= 4 is 12.3 Å². The summed E-state index contributed by atoms with van der Waals surface area (Å²) in [5, 5.41) is 3.59. The molecule has 0 amide bonds. The summed E-state index contributed by atoms with van der Waals surface area (Å²) in [6.45, 7) is 2.07. The second kappa shape index (κ2) is 5.14. The van der Waals surface area contributed by atoms with Gasteiger partial charge in [-0.25, -0.2) is 0 Å². The van der Waals surface area contributed by atoms with E-state index in [9.17, 15) is 0 Å². The fourth-order valence-electron chi connectivity index (χ4n) is 0.928. The van der Waals surface area contributed by atoms with Crippen LogP contribution in [0.15, 0.2) is 35.5 Å². The molecule has 0 heterocycles. The SMILES string of the molecule is CO/N=C/C=C/c1ccc(C)cc1. The number of rotatable bonds is 3. The Bertz CT molecular complexity index is 298. The van der Waals surface area contributed by atoms with Gasteiger partial charge in [0.25, 0.3) is 0 Å². The molecule has 0 fully saturated rings. The van der Waals surface area contributed by atoms with Gasteiger partial charge in [-0.2, -0.15) is 0 Å². The van der Waals surface area contributed by atoms with Gasteiger partial charge in [0, 0.05) is 0 Å². The van der Waals surface area contributed by atoms with Crippen LogP contribution in [0.5, 0.6) is 0 Å². The van der Waals surface area contributed by atoms with E-state index in [2.05, 4.69) is 41.2 Å².